The molecule has 12 nitrogen and oxygen atoms in total. The van der Waals surface area contributed by atoms with Gasteiger partial charge in [-0.1, -0.05) is 0 Å². The third-order valence-electron chi connectivity index (χ3n) is 4.31. The largest absolute Gasteiger partial charge is 0.383 e. The van der Waals surface area contributed by atoms with Crippen molar-refractivity contribution < 1.29 is 22.6 Å². The molecule has 0 unspecified atom stereocenters. The first kappa shape index (κ1) is 24.5. The fourth-order valence-corrected chi connectivity index (χ4v) is 4.75. The standard InChI is InChI=1S/C18H27N7O5S2/c1-28-9-5-19-16-22-17(20-6-10-29-2)24-18(23-16)31-15-4-3-14(13-21-15)32(26,27)25-7-11-30-12-8-25/h3-4,13H,5-12H2,1-2H3,(H2,19,20,22,23,24). The van der Waals surface area contributed by atoms with E-state index < -0.39 is 10.0 Å². The Morgan fingerprint density at radius 3 is 2.19 bits per heavy atom. The van der Waals surface area contributed by atoms with Gasteiger partial charge in [0.25, 0.3) is 0 Å². The van der Waals surface area contributed by atoms with Crippen LogP contribution in [0, 0.1) is 0 Å². The number of anilines is 2. The van der Waals surface area contributed by atoms with E-state index in [0.717, 1.165) is 0 Å². The Bertz CT molecular complexity index is 928. The van der Waals surface area contributed by atoms with E-state index in [-0.39, 0.29) is 4.90 Å². The third kappa shape index (κ3) is 6.95. The van der Waals surface area contributed by atoms with Gasteiger partial charge in [0.2, 0.25) is 27.1 Å². The summed E-state index contributed by atoms with van der Waals surface area (Å²) in [6.45, 7) is 3.52. The number of ether oxygens (including phenoxy) is 3. The van der Waals surface area contributed by atoms with E-state index in [0.29, 0.717) is 74.7 Å². The van der Waals surface area contributed by atoms with Crippen LogP contribution in [0.1, 0.15) is 0 Å². The smallest absolute Gasteiger partial charge is 0.244 e. The number of aromatic nitrogens is 4. The van der Waals surface area contributed by atoms with Gasteiger partial charge in [0.15, 0.2) is 0 Å². The molecule has 2 aromatic rings. The molecule has 0 saturated carbocycles. The second-order valence-corrected chi connectivity index (χ2v) is 9.48. The van der Waals surface area contributed by atoms with Crippen molar-refractivity contribution in [2.45, 2.75) is 15.1 Å². The number of hydrogen-bond donors (Lipinski definition) is 2. The summed E-state index contributed by atoms with van der Waals surface area (Å²) in [4.78, 5) is 17.6. The Balaban J connectivity index is 1.73. The quantitative estimate of drug-likeness (QED) is 0.406. The highest BCUT2D eigenvalue weighted by Crippen LogP contribution is 2.26. The molecule has 3 heterocycles. The van der Waals surface area contributed by atoms with Gasteiger partial charge < -0.3 is 24.8 Å². The van der Waals surface area contributed by atoms with Crippen LogP contribution in [-0.2, 0) is 24.2 Å². The van der Waals surface area contributed by atoms with Crippen LogP contribution in [0.2, 0.25) is 0 Å². The number of pyridine rings is 1. The minimum absolute atomic E-state index is 0.142. The highest BCUT2D eigenvalue weighted by molar-refractivity contribution is 7.99. The maximum absolute atomic E-state index is 12.8. The van der Waals surface area contributed by atoms with Gasteiger partial charge in [0.1, 0.15) is 9.92 Å². The number of nitrogens with one attached hydrogen (secondary N) is 2. The lowest BCUT2D eigenvalue weighted by Crippen LogP contribution is -2.40. The Morgan fingerprint density at radius 1 is 1.03 bits per heavy atom. The molecule has 14 heteroatoms. The summed E-state index contributed by atoms with van der Waals surface area (Å²) < 4.78 is 42.2. The molecule has 32 heavy (non-hydrogen) atoms. The molecule has 0 radical (unpaired) electrons. The number of rotatable bonds is 12. The molecule has 1 fully saturated rings. The van der Waals surface area contributed by atoms with Crippen LogP contribution in [0.3, 0.4) is 0 Å². The lowest BCUT2D eigenvalue weighted by Gasteiger charge is -2.25. The second-order valence-electron chi connectivity index (χ2n) is 6.56. The lowest BCUT2D eigenvalue weighted by molar-refractivity contribution is 0.0730. The topological polar surface area (TPSA) is 141 Å². The van der Waals surface area contributed by atoms with E-state index >= 15 is 0 Å². The molecule has 2 aromatic heterocycles. The zero-order chi connectivity index (χ0) is 22.8. The summed E-state index contributed by atoms with van der Waals surface area (Å²) >= 11 is 1.21. The van der Waals surface area contributed by atoms with Crippen molar-refractivity contribution in [3.63, 3.8) is 0 Å². The molecular formula is C18H27N7O5S2. The number of methoxy groups -OCH3 is 2. The van der Waals surface area contributed by atoms with Crippen LogP contribution in [0.5, 0.6) is 0 Å². The van der Waals surface area contributed by atoms with Crippen LogP contribution in [0.4, 0.5) is 11.9 Å². The third-order valence-corrected chi connectivity index (χ3v) is 7.00. The second kappa shape index (κ2) is 12.2. The van der Waals surface area contributed by atoms with Crippen LogP contribution in [0.25, 0.3) is 0 Å². The molecule has 0 spiro atoms. The predicted molar refractivity (Wildman–Crippen MR) is 118 cm³/mol. The summed E-state index contributed by atoms with van der Waals surface area (Å²) in [6, 6.07) is 3.18. The molecule has 3 rings (SSSR count). The Labute approximate surface area is 191 Å². The maximum atomic E-state index is 12.8. The minimum Gasteiger partial charge on any atom is -0.383 e. The molecule has 1 aliphatic rings. The average molecular weight is 486 g/mol. The number of morpholine rings is 1. The van der Waals surface area contributed by atoms with Crippen molar-refractivity contribution in [3.05, 3.63) is 18.3 Å². The van der Waals surface area contributed by atoms with E-state index in [9.17, 15) is 8.42 Å². The van der Waals surface area contributed by atoms with Gasteiger partial charge in [0.05, 0.1) is 26.4 Å². The van der Waals surface area contributed by atoms with Crippen LogP contribution >= 0.6 is 11.8 Å². The first-order chi connectivity index (χ1) is 15.5. The normalized spacial score (nSPS) is 14.9. The van der Waals surface area contributed by atoms with Crippen molar-refractivity contribution in [3.8, 4) is 0 Å². The first-order valence-corrected chi connectivity index (χ1v) is 12.2. The van der Waals surface area contributed by atoms with Gasteiger partial charge in [-0.2, -0.15) is 19.3 Å². The molecule has 1 saturated heterocycles. The van der Waals surface area contributed by atoms with E-state index in [1.165, 1.54) is 28.3 Å². The monoisotopic (exact) mass is 485 g/mol. The fraction of sp³-hybridized carbons (Fsp3) is 0.556. The minimum atomic E-state index is -3.59. The number of sulfonamides is 1. The zero-order valence-corrected chi connectivity index (χ0v) is 19.6. The van der Waals surface area contributed by atoms with Crippen LogP contribution in [0.15, 0.2) is 33.4 Å². The summed E-state index contributed by atoms with van der Waals surface area (Å²) in [6.07, 6.45) is 1.35. The van der Waals surface area contributed by atoms with Gasteiger partial charge in [-0.25, -0.2) is 13.4 Å². The summed E-state index contributed by atoms with van der Waals surface area (Å²) in [5.74, 6) is 0.789. The molecule has 0 amide bonds. The SMILES string of the molecule is COCCNc1nc(NCCOC)nc(Sc2ccc(S(=O)(=O)N3CCOCC3)cn2)n1. The van der Waals surface area contributed by atoms with E-state index in [4.69, 9.17) is 14.2 Å². The highest BCUT2D eigenvalue weighted by atomic mass is 32.2. The van der Waals surface area contributed by atoms with Gasteiger partial charge in [-0.05, 0) is 23.9 Å². The van der Waals surface area contributed by atoms with Crippen molar-refractivity contribution in [2.75, 3.05) is 77.5 Å². The van der Waals surface area contributed by atoms with E-state index in [2.05, 4.69) is 30.6 Å². The van der Waals surface area contributed by atoms with Gasteiger partial charge in [-0.15, -0.1) is 0 Å². The average Bonchev–Trinajstić information content (AvgIpc) is 2.80. The summed E-state index contributed by atoms with van der Waals surface area (Å²) in [5, 5.41) is 7.13. The van der Waals surface area contributed by atoms with Crippen molar-refractivity contribution in [1.82, 2.24) is 24.2 Å². The Hall–Kier alpha value is -2.10. The molecule has 0 aromatic carbocycles. The summed E-state index contributed by atoms with van der Waals surface area (Å²) in [5.41, 5.74) is 0. The highest BCUT2D eigenvalue weighted by Gasteiger charge is 2.26. The van der Waals surface area contributed by atoms with Crippen molar-refractivity contribution >= 4 is 33.7 Å². The molecular weight excluding hydrogens is 458 g/mol. The Morgan fingerprint density at radius 2 is 1.66 bits per heavy atom. The van der Waals surface area contributed by atoms with Gasteiger partial charge in [0, 0.05) is 46.6 Å². The van der Waals surface area contributed by atoms with Crippen LogP contribution in [-0.4, -0.2) is 99.5 Å². The molecule has 0 atom stereocenters. The molecule has 176 valence electrons. The van der Waals surface area contributed by atoms with E-state index in [1.54, 1.807) is 20.3 Å². The number of hydrogen-bond acceptors (Lipinski definition) is 12. The van der Waals surface area contributed by atoms with E-state index in [1.807, 2.05) is 0 Å². The Kier molecular flexibility index (Phi) is 9.37. The molecule has 0 bridgehead atoms. The summed E-state index contributed by atoms with van der Waals surface area (Å²) in [7, 11) is -0.367. The van der Waals surface area contributed by atoms with Crippen LogP contribution < -0.4 is 10.6 Å². The molecule has 2 N–H and O–H groups in total. The zero-order valence-electron chi connectivity index (χ0n) is 18.0. The van der Waals surface area contributed by atoms with Gasteiger partial charge in [-0.3, -0.25) is 0 Å². The molecule has 1 aliphatic heterocycles. The first-order valence-electron chi connectivity index (χ1n) is 9.96. The fourth-order valence-electron chi connectivity index (χ4n) is 2.70. The van der Waals surface area contributed by atoms with Gasteiger partial charge >= 0.3 is 0 Å². The molecule has 0 aliphatic carbocycles. The predicted octanol–water partition coefficient (Wildman–Crippen LogP) is 0.555. The lowest BCUT2D eigenvalue weighted by atomic mass is 10.5. The number of nitrogens with zero attached hydrogens (tertiary/aromatic N) is 5. The van der Waals surface area contributed by atoms with Crippen molar-refractivity contribution in [2.24, 2.45) is 0 Å². The maximum Gasteiger partial charge on any atom is 0.244 e. The van der Waals surface area contributed by atoms with Crippen molar-refractivity contribution in [1.29, 1.82) is 0 Å².